The van der Waals surface area contributed by atoms with E-state index < -0.39 is 0 Å². The van der Waals surface area contributed by atoms with Gasteiger partial charge in [0.15, 0.2) is 5.78 Å². The molecule has 2 heteroatoms. The molecule has 56 valence electrons. The highest BCUT2D eigenvalue weighted by atomic mass is 16.1. The van der Waals surface area contributed by atoms with Crippen LogP contribution in [0.25, 0.3) is 6.08 Å². The lowest BCUT2D eigenvalue weighted by Crippen LogP contribution is -1.81. The average Bonchev–Trinajstić information content (AvgIpc) is 2.03. The summed E-state index contributed by atoms with van der Waals surface area (Å²) in [7, 11) is 0. The van der Waals surface area contributed by atoms with E-state index in [2.05, 4.69) is 4.98 Å². The zero-order chi connectivity index (χ0) is 8.10. The first-order valence-electron chi connectivity index (χ1n) is 3.39. The highest BCUT2D eigenvalue weighted by Gasteiger charge is 1.85. The van der Waals surface area contributed by atoms with Crippen LogP contribution >= 0.6 is 0 Å². The zero-order valence-corrected chi connectivity index (χ0v) is 6.32. The SMILES string of the molecule is CC(=O)C=Cc1ccccn1. The lowest BCUT2D eigenvalue weighted by atomic mass is 10.3. The maximum absolute atomic E-state index is 10.5. The van der Waals surface area contributed by atoms with Gasteiger partial charge in [0.05, 0.1) is 5.69 Å². The van der Waals surface area contributed by atoms with Crippen LogP contribution in [0.15, 0.2) is 30.5 Å². The second kappa shape index (κ2) is 3.66. The first kappa shape index (κ1) is 7.66. The predicted molar refractivity (Wildman–Crippen MR) is 44.0 cm³/mol. The molecule has 0 unspecified atom stereocenters. The van der Waals surface area contributed by atoms with Crippen molar-refractivity contribution in [2.45, 2.75) is 6.92 Å². The van der Waals surface area contributed by atoms with Gasteiger partial charge in [0.25, 0.3) is 0 Å². The molecule has 1 aromatic heterocycles. The van der Waals surface area contributed by atoms with Crippen molar-refractivity contribution < 1.29 is 4.79 Å². The molecule has 1 aromatic rings. The molecule has 0 N–H and O–H groups in total. The lowest BCUT2D eigenvalue weighted by molar-refractivity contribution is -0.112. The molecule has 2 nitrogen and oxygen atoms in total. The molecule has 0 aliphatic carbocycles. The molecule has 0 atom stereocenters. The molecule has 11 heavy (non-hydrogen) atoms. The smallest absolute Gasteiger partial charge is 0.152 e. The number of rotatable bonds is 2. The number of aromatic nitrogens is 1. The lowest BCUT2D eigenvalue weighted by Gasteiger charge is -1.87. The molecule has 0 aliphatic rings. The third-order valence-corrected chi connectivity index (χ3v) is 1.18. The Balaban J connectivity index is 2.72. The Morgan fingerprint density at radius 1 is 1.55 bits per heavy atom. The average molecular weight is 147 g/mol. The number of pyridine rings is 1. The highest BCUT2D eigenvalue weighted by Crippen LogP contribution is 1.95. The van der Waals surface area contributed by atoms with Crippen molar-refractivity contribution in [1.82, 2.24) is 4.98 Å². The summed E-state index contributed by atoms with van der Waals surface area (Å²) < 4.78 is 0. The van der Waals surface area contributed by atoms with E-state index in [4.69, 9.17) is 0 Å². The van der Waals surface area contributed by atoms with Crippen LogP contribution in [0, 0.1) is 0 Å². The first-order valence-corrected chi connectivity index (χ1v) is 3.39. The number of ketones is 1. The zero-order valence-electron chi connectivity index (χ0n) is 6.32. The van der Waals surface area contributed by atoms with Crippen molar-refractivity contribution >= 4 is 11.9 Å². The summed E-state index contributed by atoms with van der Waals surface area (Å²) in [6.07, 6.45) is 4.89. The Bertz CT molecular complexity index is 264. The van der Waals surface area contributed by atoms with Crippen LogP contribution in [-0.2, 0) is 4.79 Å². The van der Waals surface area contributed by atoms with Gasteiger partial charge in [-0.25, -0.2) is 0 Å². The molecule has 1 rings (SSSR count). The normalized spacial score (nSPS) is 10.3. The predicted octanol–water partition coefficient (Wildman–Crippen LogP) is 1.68. The molecule has 0 amide bonds. The monoisotopic (exact) mass is 147 g/mol. The third-order valence-electron chi connectivity index (χ3n) is 1.18. The van der Waals surface area contributed by atoms with E-state index in [0.29, 0.717) is 0 Å². The minimum absolute atomic E-state index is 0.0376. The summed E-state index contributed by atoms with van der Waals surface area (Å²) >= 11 is 0. The van der Waals surface area contributed by atoms with Crippen molar-refractivity contribution in [1.29, 1.82) is 0 Å². The van der Waals surface area contributed by atoms with Crippen molar-refractivity contribution in [2.75, 3.05) is 0 Å². The van der Waals surface area contributed by atoms with Gasteiger partial charge in [-0.05, 0) is 31.2 Å². The van der Waals surface area contributed by atoms with Crippen LogP contribution in [0.3, 0.4) is 0 Å². The Morgan fingerprint density at radius 3 is 2.91 bits per heavy atom. The quantitative estimate of drug-likeness (QED) is 0.596. The van der Waals surface area contributed by atoms with Crippen LogP contribution in [0.2, 0.25) is 0 Å². The number of allylic oxidation sites excluding steroid dienone is 1. The van der Waals surface area contributed by atoms with Gasteiger partial charge in [0, 0.05) is 6.20 Å². The number of nitrogens with zero attached hydrogens (tertiary/aromatic N) is 1. The van der Waals surface area contributed by atoms with Gasteiger partial charge in [-0.15, -0.1) is 0 Å². The van der Waals surface area contributed by atoms with Gasteiger partial charge in [0.2, 0.25) is 0 Å². The minimum Gasteiger partial charge on any atom is -0.295 e. The fourth-order valence-electron chi connectivity index (χ4n) is 0.677. The van der Waals surface area contributed by atoms with Crippen LogP contribution in [0.1, 0.15) is 12.6 Å². The largest absolute Gasteiger partial charge is 0.295 e. The van der Waals surface area contributed by atoms with E-state index in [1.54, 1.807) is 12.3 Å². The van der Waals surface area contributed by atoms with E-state index in [1.165, 1.54) is 13.0 Å². The second-order valence-corrected chi connectivity index (χ2v) is 2.20. The van der Waals surface area contributed by atoms with E-state index in [1.807, 2.05) is 18.2 Å². The van der Waals surface area contributed by atoms with Crippen molar-refractivity contribution in [2.24, 2.45) is 0 Å². The molecule has 0 aromatic carbocycles. The molecule has 0 bridgehead atoms. The Labute approximate surface area is 65.6 Å². The van der Waals surface area contributed by atoms with Gasteiger partial charge in [-0.2, -0.15) is 0 Å². The van der Waals surface area contributed by atoms with Gasteiger partial charge in [-0.3, -0.25) is 9.78 Å². The molecule has 0 saturated heterocycles. The van der Waals surface area contributed by atoms with E-state index in [9.17, 15) is 4.79 Å². The summed E-state index contributed by atoms with van der Waals surface area (Å²) in [5.74, 6) is 0.0376. The maximum Gasteiger partial charge on any atom is 0.152 e. The summed E-state index contributed by atoms with van der Waals surface area (Å²) in [6, 6.07) is 5.57. The third kappa shape index (κ3) is 2.76. The summed E-state index contributed by atoms with van der Waals surface area (Å²) in [4.78, 5) is 14.5. The molecule has 0 saturated carbocycles. The molecule has 1 heterocycles. The Hall–Kier alpha value is -1.44. The maximum atomic E-state index is 10.5. The number of hydrogen-bond donors (Lipinski definition) is 0. The molecular formula is C9H9NO. The standard InChI is InChI=1S/C9H9NO/c1-8(11)5-6-9-4-2-3-7-10-9/h2-7H,1H3. The molecular weight excluding hydrogens is 138 g/mol. The molecule has 0 fully saturated rings. The number of carbonyl (C=O) groups is 1. The highest BCUT2D eigenvalue weighted by molar-refractivity contribution is 5.91. The summed E-state index contributed by atoms with van der Waals surface area (Å²) in [5.41, 5.74) is 0.808. The molecule has 0 aliphatic heterocycles. The van der Waals surface area contributed by atoms with Gasteiger partial charge < -0.3 is 0 Å². The van der Waals surface area contributed by atoms with Crippen molar-refractivity contribution in [3.63, 3.8) is 0 Å². The van der Waals surface area contributed by atoms with Gasteiger partial charge in [-0.1, -0.05) is 6.07 Å². The van der Waals surface area contributed by atoms with Crippen molar-refractivity contribution in [3.05, 3.63) is 36.2 Å². The van der Waals surface area contributed by atoms with E-state index in [-0.39, 0.29) is 5.78 Å². The topological polar surface area (TPSA) is 30.0 Å². The van der Waals surface area contributed by atoms with Gasteiger partial charge >= 0.3 is 0 Å². The van der Waals surface area contributed by atoms with Crippen LogP contribution in [-0.4, -0.2) is 10.8 Å². The Kier molecular flexibility index (Phi) is 2.55. The molecule has 0 radical (unpaired) electrons. The van der Waals surface area contributed by atoms with Crippen molar-refractivity contribution in [3.8, 4) is 0 Å². The Morgan fingerprint density at radius 2 is 2.36 bits per heavy atom. The van der Waals surface area contributed by atoms with E-state index >= 15 is 0 Å². The van der Waals surface area contributed by atoms with Crippen LogP contribution < -0.4 is 0 Å². The summed E-state index contributed by atoms with van der Waals surface area (Å²) in [6.45, 7) is 1.51. The number of hydrogen-bond acceptors (Lipinski definition) is 2. The minimum atomic E-state index is 0.0376. The first-order chi connectivity index (χ1) is 5.29. The van der Waals surface area contributed by atoms with Crippen LogP contribution in [0.5, 0.6) is 0 Å². The fraction of sp³-hybridized carbons (Fsp3) is 0.111. The summed E-state index contributed by atoms with van der Waals surface area (Å²) in [5, 5.41) is 0. The molecule has 0 spiro atoms. The second-order valence-electron chi connectivity index (χ2n) is 2.20. The number of carbonyl (C=O) groups excluding carboxylic acids is 1. The fourth-order valence-corrected chi connectivity index (χ4v) is 0.677. The van der Waals surface area contributed by atoms with E-state index in [0.717, 1.165) is 5.69 Å². The van der Waals surface area contributed by atoms with Gasteiger partial charge in [0.1, 0.15) is 0 Å². The van der Waals surface area contributed by atoms with Crippen LogP contribution in [0.4, 0.5) is 0 Å².